The molecule has 0 radical (unpaired) electrons. The molecule has 0 unspecified atom stereocenters. The number of methoxy groups -OCH3 is 1. The summed E-state index contributed by atoms with van der Waals surface area (Å²) in [5.74, 6) is 0. The van der Waals surface area contributed by atoms with Crippen molar-refractivity contribution >= 4 is 22.5 Å². The Morgan fingerprint density at radius 3 is 2.31 bits per heavy atom. The Kier molecular flexibility index (Phi) is 5.60. The minimum Gasteiger partial charge on any atom is -0.381 e. The van der Waals surface area contributed by atoms with E-state index in [1.165, 1.54) is 23.9 Å². The highest BCUT2D eigenvalue weighted by molar-refractivity contribution is 7.99. The van der Waals surface area contributed by atoms with Crippen LogP contribution in [0.2, 0.25) is 0 Å². The van der Waals surface area contributed by atoms with Crippen molar-refractivity contribution in [1.29, 1.82) is 0 Å². The average Bonchev–Trinajstić information content (AvgIpc) is 2.73. The van der Waals surface area contributed by atoms with Crippen LogP contribution in [0.4, 0.5) is 13.2 Å². The lowest BCUT2D eigenvalue weighted by Gasteiger charge is -2.37. The summed E-state index contributed by atoms with van der Waals surface area (Å²) >= 11 is 1.33. The molecule has 2 nitrogen and oxygen atoms in total. The highest BCUT2D eigenvalue weighted by Gasteiger charge is 2.38. The van der Waals surface area contributed by atoms with E-state index in [-0.39, 0.29) is 0 Å². The Morgan fingerprint density at radius 2 is 1.62 bits per heavy atom. The maximum absolute atomic E-state index is 13.6. The van der Waals surface area contributed by atoms with Gasteiger partial charge >= 0.3 is 6.18 Å². The Morgan fingerprint density at radius 1 is 0.897 bits per heavy atom. The second-order valence-corrected chi connectivity index (χ2v) is 8.31. The van der Waals surface area contributed by atoms with Crippen LogP contribution in [0.1, 0.15) is 24.0 Å². The number of benzene rings is 3. The molecule has 3 aromatic carbocycles. The third-order valence-corrected chi connectivity index (χ3v) is 6.37. The maximum Gasteiger partial charge on any atom is 0.416 e. The molecule has 0 amide bonds. The summed E-state index contributed by atoms with van der Waals surface area (Å²) < 4.78 is 52.0. The van der Waals surface area contributed by atoms with Crippen LogP contribution >= 0.6 is 11.8 Å². The zero-order chi connectivity index (χ0) is 20.5. The van der Waals surface area contributed by atoms with Crippen molar-refractivity contribution in [3.8, 4) is 0 Å². The summed E-state index contributed by atoms with van der Waals surface area (Å²) in [5.41, 5.74) is -0.847. The number of ether oxygens (including phenoxy) is 2. The molecule has 1 fully saturated rings. The van der Waals surface area contributed by atoms with Crippen molar-refractivity contribution in [2.75, 3.05) is 20.3 Å². The van der Waals surface area contributed by atoms with E-state index in [0.29, 0.717) is 36.5 Å². The Balaban J connectivity index is 1.75. The van der Waals surface area contributed by atoms with Gasteiger partial charge in [-0.15, -0.1) is 0 Å². The van der Waals surface area contributed by atoms with E-state index < -0.39 is 17.3 Å². The van der Waals surface area contributed by atoms with E-state index in [2.05, 4.69) is 0 Å². The molecule has 0 aromatic heterocycles. The lowest BCUT2D eigenvalue weighted by atomic mass is 9.85. The molecule has 0 spiro atoms. The van der Waals surface area contributed by atoms with Gasteiger partial charge in [-0.1, -0.05) is 42.1 Å². The van der Waals surface area contributed by atoms with Gasteiger partial charge in [-0.2, -0.15) is 13.2 Å². The van der Waals surface area contributed by atoms with Gasteiger partial charge in [0.05, 0.1) is 11.2 Å². The molecule has 3 aromatic rings. The largest absolute Gasteiger partial charge is 0.416 e. The first-order valence-corrected chi connectivity index (χ1v) is 10.2. The summed E-state index contributed by atoms with van der Waals surface area (Å²) in [4.78, 5) is 1.44. The summed E-state index contributed by atoms with van der Waals surface area (Å²) in [5, 5.41) is 2.16. The fraction of sp³-hybridized carbons (Fsp3) is 0.304. The van der Waals surface area contributed by atoms with Gasteiger partial charge in [-0.3, -0.25) is 0 Å². The van der Waals surface area contributed by atoms with E-state index in [4.69, 9.17) is 9.47 Å². The molecule has 0 bridgehead atoms. The van der Waals surface area contributed by atoms with Gasteiger partial charge in [-0.05, 0) is 46.7 Å². The first kappa shape index (κ1) is 20.3. The van der Waals surface area contributed by atoms with E-state index >= 15 is 0 Å². The van der Waals surface area contributed by atoms with Gasteiger partial charge in [-0.25, -0.2) is 0 Å². The van der Waals surface area contributed by atoms with E-state index in [0.717, 1.165) is 15.7 Å². The number of hydrogen-bond donors (Lipinski definition) is 0. The number of fused-ring (bicyclic) bond motifs is 1. The third kappa shape index (κ3) is 4.29. The molecule has 29 heavy (non-hydrogen) atoms. The van der Waals surface area contributed by atoms with E-state index in [9.17, 15) is 13.2 Å². The molecule has 1 aliphatic rings. The smallest absolute Gasteiger partial charge is 0.381 e. The first-order chi connectivity index (χ1) is 13.9. The van der Waals surface area contributed by atoms with Crippen molar-refractivity contribution in [1.82, 2.24) is 0 Å². The van der Waals surface area contributed by atoms with Crippen LogP contribution in [-0.4, -0.2) is 20.3 Å². The molecule has 1 saturated heterocycles. The summed E-state index contributed by atoms with van der Waals surface area (Å²) in [6.07, 6.45) is -3.36. The van der Waals surface area contributed by atoms with Crippen LogP contribution in [0.25, 0.3) is 10.8 Å². The van der Waals surface area contributed by atoms with Crippen LogP contribution < -0.4 is 0 Å². The fourth-order valence-corrected chi connectivity index (χ4v) is 4.73. The Hall–Kier alpha value is -2.02. The van der Waals surface area contributed by atoms with Gasteiger partial charge in [0.15, 0.2) is 0 Å². The highest BCUT2D eigenvalue weighted by atomic mass is 32.2. The number of rotatable bonds is 4. The topological polar surface area (TPSA) is 18.5 Å². The quantitative estimate of drug-likeness (QED) is 0.472. The molecule has 152 valence electrons. The van der Waals surface area contributed by atoms with Crippen LogP contribution in [0, 0.1) is 0 Å². The zero-order valence-corrected chi connectivity index (χ0v) is 16.8. The molecular weight excluding hydrogens is 397 g/mol. The SMILES string of the molecule is COC1(c2cc(Sc3ccc4ccccc4c3)cc(C(F)(F)F)c2)CCOCC1. The second kappa shape index (κ2) is 8.01. The molecular formula is C23H21F3O2S. The second-order valence-electron chi connectivity index (χ2n) is 7.17. The number of halogens is 3. The van der Waals surface area contributed by atoms with Gasteiger partial charge in [0.1, 0.15) is 0 Å². The highest BCUT2D eigenvalue weighted by Crippen LogP contribution is 2.42. The standard InChI is InChI=1S/C23H21F3O2S/c1-27-22(8-10-28-11-9-22)18-13-19(23(24,25)26)15-21(14-18)29-20-7-6-16-4-2-3-5-17(16)12-20/h2-7,12-15H,8-11H2,1H3. The van der Waals surface area contributed by atoms with Crippen LogP contribution in [0.5, 0.6) is 0 Å². The van der Waals surface area contributed by atoms with Crippen LogP contribution in [0.3, 0.4) is 0 Å². The molecule has 6 heteroatoms. The monoisotopic (exact) mass is 418 g/mol. The minimum atomic E-state index is -4.42. The van der Waals surface area contributed by atoms with Gasteiger partial charge in [0.25, 0.3) is 0 Å². The van der Waals surface area contributed by atoms with Crippen molar-refractivity contribution < 1.29 is 22.6 Å². The lowest BCUT2D eigenvalue weighted by molar-refractivity contribution is -0.138. The molecule has 4 rings (SSSR count). The lowest BCUT2D eigenvalue weighted by Crippen LogP contribution is -2.35. The Bertz CT molecular complexity index is 1010. The van der Waals surface area contributed by atoms with Crippen LogP contribution in [-0.2, 0) is 21.3 Å². The predicted octanol–water partition coefficient (Wildman–Crippen LogP) is 6.66. The van der Waals surface area contributed by atoms with Gasteiger partial charge in [0, 0.05) is 43.0 Å². The summed E-state index contributed by atoms with van der Waals surface area (Å²) in [6, 6.07) is 18.1. The normalized spacial score (nSPS) is 16.8. The molecule has 0 N–H and O–H groups in total. The fourth-order valence-electron chi connectivity index (χ4n) is 3.76. The minimum absolute atomic E-state index is 0.469. The van der Waals surface area contributed by atoms with Gasteiger partial charge < -0.3 is 9.47 Å². The summed E-state index contributed by atoms with van der Waals surface area (Å²) in [7, 11) is 1.56. The number of hydrogen-bond acceptors (Lipinski definition) is 3. The maximum atomic E-state index is 13.6. The zero-order valence-electron chi connectivity index (χ0n) is 16.0. The van der Waals surface area contributed by atoms with Crippen molar-refractivity contribution in [3.05, 3.63) is 71.8 Å². The van der Waals surface area contributed by atoms with E-state index in [1.807, 2.05) is 48.5 Å². The number of alkyl halides is 3. The van der Waals surface area contributed by atoms with Crippen LogP contribution in [0.15, 0.2) is 70.5 Å². The first-order valence-electron chi connectivity index (χ1n) is 9.42. The Labute approximate surface area is 172 Å². The van der Waals surface area contributed by atoms with E-state index in [1.54, 1.807) is 7.11 Å². The van der Waals surface area contributed by atoms with Crippen molar-refractivity contribution in [2.24, 2.45) is 0 Å². The molecule has 1 aliphatic heterocycles. The van der Waals surface area contributed by atoms with Gasteiger partial charge in [0.2, 0.25) is 0 Å². The summed E-state index contributed by atoms with van der Waals surface area (Å²) in [6.45, 7) is 0.939. The average molecular weight is 418 g/mol. The molecule has 0 atom stereocenters. The van der Waals surface area contributed by atoms with Crippen molar-refractivity contribution in [3.63, 3.8) is 0 Å². The predicted molar refractivity (Wildman–Crippen MR) is 108 cm³/mol. The molecule has 0 aliphatic carbocycles. The molecule has 0 saturated carbocycles. The third-order valence-electron chi connectivity index (χ3n) is 5.41. The van der Waals surface area contributed by atoms with Crippen molar-refractivity contribution in [2.45, 2.75) is 34.4 Å². The molecule has 1 heterocycles.